The Hall–Kier alpha value is 0.651. The fraction of sp³-hybridized carbons (Fsp3) is 1.00. The maximum atomic E-state index is 8.25. The summed E-state index contributed by atoms with van der Waals surface area (Å²) < 4.78 is 8.25. The molecule has 0 aliphatic heterocycles. The average Bonchev–Trinajstić information content (AvgIpc) is 1.75. The van der Waals surface area contributed by atoms with E-state index in [1.807, 2.05) is 10.5 Å². The van der Waals surface area contributed by atoms with Crippen molar-refractivity contribution in [2.45, 2.75) is 20.0 Å². The minimum atomic E-state index is -0.167. The van der Waals surface area contributed by atoms with Crippen molar-refractivity contribution in [3.63, 3.8) is 0 Å². The van der Waals surface area contributed by atoms with E-state index in [1.54, 1.807) is 13.8 Å². The van der Waals surface area contributed by atoms with Crippen LogP contribution in [-0.2, 0) is 23.7 Å². The van der Waals surface area contributed by atoms with Gasteiger partial charge >= 0.3 is 23.7 Å². The van der Waals surface area contributed by atoms with Gasteiger partial charge in [0.05, 0.1) is 0 Å². The molecular formula is C3H9O3SiTi. The summed E-state index contributed by atoms with van der Waals surface area (Å²) in [6, 6.07) is 0. The van der Waals surface area contributed by atoms with Gasteiger partial charge in [-0.1, -0.05) is 0 Å². The molecule has 0 aromatic carbocycles. The Morgan fingerprint density at radius 2 is 1.38 bits per heavy atom. The van der Waals surface area contributed by atoms with Gasteiger partial charge in [-0.25, -0.2) is 0 Å². The van der Waals surface area contributed by atoms with Crippen LogP contribution >= 0.6 is 0 Å². The van der Waals surface area contributed by atoms with Crippen LogP contribution in [0.15, 0.2) is 0 Å². The maximum absolute atomic E-state index is 8.25. The van der Waals surface area contributed by atoms with Gasteiger partial charge < -0.3 is 9.90 Å². The molecule has 0 amide bonds. The Morgan fingerprint density at radius 3 is 1.38 bits per heavy atom. The van der Waals surface area contributed by atoms with Crippen molar-refractivity contribution in [2.24, 2.45) is 0 Å². The standard InChI is InChI=1S/C3H8O.HOSi.O.Ti/c1-3(2)4;1-2;;/h3-4H,1-2H3;1H;;. The van der Waals surface area contributed by atoms with E-state index in [1.165, 1.54) is 0 Å². The average molecular weight is 169 g/mol. The molecule has 0 aliphatic carbocycles. The van der Waals surface area contributed by atoms with Crippen LogP contribution in [0.2, 0.25) is 0 Å². The van der Waals surface area contributed by atoms with Crippen LogP contribution < -0.4 is 0 Å². The van der Waals surface area contributed by atoms with Gasteiger partial charge in [-0.15, -0.1) is 0 Å². The molecule has 5 heteroatoms. The van der Waals surface area contributed by atoms with Gasteiger partial charge in [-0.05, 0) is 13.8 Å². The summed E-state index contributed by atoms with van der Waals surface area (Å²) in [5, 5.41) is 8.06. The van der Waals surface area contributed by atoms with E-state index >= 15 is 0 Å². The molecule has 8 heavy (non-hydrogen) atoms. The topological polar surface area (TPSA) is 57.5 Å². The van der Waals surface area contributed by atoms with E-state index in [-0.39, 0.29) is 6.10 Å². The molecule has 0 bridgehead atoms. The van der Waals surface area contributed by atoms with Gasteiger partial charge in [0.25, 0.3) is 0 Å². The van der Waals surface area contributed by atoms with E-state index in [4.69, 9.17) is 13.2 Å². The Morgan fingerprint density at radius 1 is 1.38 bits per heavy atom. The molecule has 0 unspecified atom stereocenters. The monoisotopic (exact) mass is 169 g/mol. The Bertz CT molecular complexity index is 25.7. The van der Waals surface area contributed by atoms with Crippen molar-refractivity contribution >= 4 is 10.5 Å². The first-order valence-electron chi connectivity index (χ1n) is 1.84. The summed E-state index contributed by atoms with van der Waals surface area (Å²) in [6.45, 7) is 3.44. The Labute approximate surface area is 64.4 Å². The van der Waals surface area contributed by atoms with E-state index in [2.05, 4.69) is 0 Å². The van der Waals surface area contributed by atoms with E-state index in [0.717, 1.165) is 20.4 Å². The first kappa shape index (κ1) is 15.9. The third-order valence-electron chi connectivity index (χ3n) is 0. The van der Waals surface area contributed by atoms with Crippen LogP contribution in [0.5, 0.6) is 0 Å². The summed E-state index contributed by atoms with van der Waals surface area (Å²) in [5.74, 6) is 0. The van der Waals surface area contributed by atoms with Crippen molar-refractivity contribution in [3.8, 4) is 0 Å². The Kier molecular flexibility index (Phi) is 50.3. The number of aliphatic hydroxyl groups is 1. The van der Waals surface area contributed by atoms with E-state index in [9.17, 15) is 0 Å². The number of hydrogen-bond acceptors (Lipinski definition) is 3. The van der Waals surface area contributed by atoms with Crippen molar-refractivity contribution in [3.05, 3.63) is 0 Å². The minimum absolute atomic E-state index is 0.167. The third kappa shape index (κ3) is 501. The van der Waals surface area contributed by atoms with Crippen molar-refractivity contribution < 1.29 is 33.6 Å². The van der Waals surface area contributed by atoms with Crippen molar-refractivity contribution in [2.75, 3.05) is 0 Å². The van der Waals surface area contributed by atoms with E-state index < -0.39 is 0 Å². The normalized spacial score (nSPS) is 5.62. The number of aliphatic hydroxyl groups excluding tert-OH is 1. The zero-order valence-corrected chi connectivity index (χ0v) is 7.44. The van der Waals surface area contributed by atoms with Gasteiger partial charge in [0.1, 0.15) is 0 Å². The molecule has 0 atom stereocenters. The Balaban J connectivity index is -0.0000000542. The first-order valence-corrected chi connectivity index (χ1v) is 2.93. The predicted octanol–water partition coefficient (Wildman–Crippen LogP) is -0.672. The number of hydrogen-bond donors (Lipinski definition) is 2. The zero-order valence-electron chi connectivity index (χ0n) is 4.88. The molecule has 0 heterocycles. The van der Waals surface area contributed by atoms with Gasteiger partial charge in [0.2, 0.25) is 10.5 Å². The molecule has 0 fully saturated rings. The zero-order chi connectivity index (χ0) is 7.58. The predicted molar refractivity (Wildman–Crippen MR) is 26.0 cm³/mol. The fourth-order valence-corrected chi connectivity index (χ4v) is 0. The second kappa shape index (κ2) is 25.4. The molecule has 0 saturated heterocycles. The van der Waals surface area contributed by atoms with Gasteiger partial charge in [-0.2, -0.15) is 0 Å². The molecule has 0 saturated carbocycles. The second-order valence-electron chi connectivity index (χ2n) is 1.09. The van der Waals surface area contributed by atoms with Crippen LogP contribution in [-0.4, -0.2) is 26.5 Å². The molecular weight excluding hydrogens is 160 g/mol. The number of rotatable bonds is 0. The van der Waals surface area contributed by atoms with E-state index in [0.29, 0.717) is 0 Å². The first-order chi connectivity index (χ1) is 3.73. The summed E-state index contributed by atoms with van der Waals surface area (Å²) >= 11 is 0.750. The molecule has 0 aromatic heterocycles. The molecule has 47 valence electrons. The third-order valence-corrected chi connectivity index (χ3v) is 0. The fourth-order valence-electron chi connectivity index (χ4n) is 0. The summed E-state index contributed by atoms with van der Waals surface area (Å²) in [5.41, 5.74) is 0. The molecule has 2 N–H and O–H groups in total. The summed E-state index contributed by atoms with van der Waals surface area (Å²) in [6.07, 6.45) is -0.167. The van der Waals surface area contributed by atoms with Crippen LogP contribution in [0.1, 0.15) is 13.8 Å². The summed E-state index contributed by atoms with van der Waals surface area (Å²) in [7, 11) is 1.97. The quantitative estimate of drug-likeness (QED) is 0.472. The second-order valence-corrected chi connectivity index (χ2v) is 1.09. The van der Waals surface area contributed by atoms with Crippen LogP contribution in [0.25, 0.3) is 0 Å². The van der Waals surface area contributed by atoms with Crippen LogP contribution in [0, 0.1) is 0 Å². The molecule has 0 aromatic rings. The van der Waals surface area contributed by atoms with Crippen molar-refractivity contribution in [1.82, 2.24) is 0 Å². The van der Waals surface area contributed by atoms with Crippen molar-refractivity contribution in [1.29, 1.82) is 0 Å². The van der Waals surface area contributed by atoms with Crippen LogP contribution in [0.4, 0.5) is 0 Å². The SMILES string of the molecule is CC(C)O.O[Si].[O]=[Ti]. The molecule has 3 radical (unpaired) electrons. The molecule has 0 aliphatic rings. The van der Waals surface area contributed by atoms with Gasteiger partial charge in [0.15, 0.2) is 0 Å². The molecule has 0 spiro atoms. The van der Waals surface area contributed by atoms with Crippen LogP contribution in [0.3, 0.4) is 0 Å². The summed E-state index contributed by atoms with van der Waals surface area (Å²) in [4.78, 5) is 6.81. The molecule has 3 nitrogen and oxygen atoms in total. The van der Waals surface area contributed by atoms with Gasteiger partial charge in [-0.3, -0.25) is 0 Å². The molecule has 0 rings (SSSR count). The van der Waals surface area contributed by atoms with Gasteiger partial charge in [0, 0.05) is 6.10 Å².